The van der Waals surface area contributed by atoms with Crippen molar-refractivity contribution < 1.29 is 13.2 Å². The Balaban J connectivity index is 2.35. The number of benzene rings is 1. The molecule has 0 saturated carbocycles. The summed E-state index contributed by atoms with van der Waals surface area (Å²) in [6.45, 7) is 6.12. The van der Waals surface area contributed by atoms with E-state index in [1.807, 2.05) is 6.92 Å². The van der Waals surface area contributed by atoms with E-state index in [9.17, 15) is 13.2 Å². The quantitative estimate of drug-likeness (QED) is 0.799. The van der Waals surface area contributed by atoms with Gasteiger partial charge >= 0.3 is 6.18 Å². The smallest absolute Gasteiger partial charge is 0.303 e. The van der Waals surface area contributed by atoms with Crippen LogP contribution >= 0.6 is 0 Å². The highest BCUT2D eigenvalue weighted by atomic mass is 19.4. The van der Waals surface area contributed by atoms with Crippen LogP contribution in [0.3, 0.4) is 0 Å². The van der Waals surface area contributed by atoms with Crippen molar-refractivity contribution in [1.82, 2.24) is 5.32 Å². The number of hydrogen-bond donors (Lipinski definition) is 1. The SMILES string of the molecule is CC1(C)CCC(C)(c2cccc(C(F)(F)F)c2)N1. The van der Waals surface area contributed by atoms with Crippen LogP contribution in [0.1, 0.15) is 44.7 Å². The molecule has 0 spiro atoms. The molecule has 18 heavy (non-hydrogen) atoms. The van der Waals surface area contributed by atoms with Crippen LogP contribution in [0.15, 0.2) is 24.3 Å². The van der Waals surface area contributed by atoms with Crippen molar-refractivity contribution in [3.8, 4) is 0 Å². The topological polar surface area (TPSA) is 12.0 Å². The van der Waals surface area contributed by atoms with Gasteiger partial charge < -0.3 is 5.32 Å². The fraction of sp³-hybridized carbons (Fsp3) is 0.571. The first kappa shape index (κ1) is 13.4. The highest BCUT2D eigenvalue weighted by molar-refractivity contribution is 5.32. The average molecular weight is 257 g/mol. The molecule has 2 rings (SSSR count). The van der Waals surface area contributed by atoms with E-state index in [1.54, 1.807) is 6.07 Å². The van der Waals surface area contributed by atoms with Gasteiger partial charge in [0.2, 0.25) is 0 Å². The van der Waals surface area contributed by atoms with Crippen molar-refractivity contribution >= 4 is 0 Å². The number of rotatable bonds is 1. The van der Waals surface area contributed by atoms with Crippen molar-refractivity contribution in [1.29, 1.82) is 0 Å². The predicted molar refractivity (Wildman–Crippen MR) is 65.2 cm³/mol. The predicted octanol–water partition coefficient (Wildman–Crippen LogP) is 4.08. The van der Waals surface area contributed by atoms with Gasteiger partial charge in [-0.05, 0) is 51.3 Å². The van der Waals surface area contributed by atoms with Gasteiger partial charge in [0, 0.05) is 11.1 Å². The van der Waals surface area contributed by atoms with Gasteiger partial charge in [0.1, 0.15) is 0 Å². The second-order valence-corrected chi connectivity index (χ2v) is 5.92. The Kier molecular flexibility index (Phi) is 2.97. The lowest BCUT2D eigenvalue weighted by Gasteiger charge is -2.30. The monoisotopic (exact) mass is 257 g/mol. The molecule has 1 nitrogen and oxygen atoms in total. The minimum absolute atomic E-state index is 0.0248. The zero-order valence-corrected chi connectivity index (χ0v) is 10.9. The minimum Gasteiger partial charge on any atom is -0.303 e. The van der Waals surface area contributed by atoms with Crippen molar-refractivity contribution in [2.75, 3.05) is 0 Å². The third-order valence-corrected chi connectivity index (χ3v) is 3.69. The summed E-state index contributed by atoms with van der Waals surface area (Å²) < 4.78 is 38.1. The summed E-state index contributed by atoms with van der Waals surface area (Å²) in [7, 11) is 0. The molecule has 100 valence electrons. The Hall–Kier alpha value is -1.03. The highest BCUT2D eigenvalue weighted by Crippen LogP contribution is 2.39. The summed E-state index contributed by atoms with van der Waals surface area (Å²) in [6, 6.07) is 5.63. The first-order chi connectivity index (χ1) is 8.12. The number of nitrogens with one attached hydrogen (secondary N) is 1. The van der Waals surface area contributed by atoms with Gasteiger partial charge in [-0.15, -0.1) is 0 Å². The fourth-order valence-electron chi connectivity index (χ4n) is 2.69. The number of alkyl halides is 3. The third-order valence-electron chi connectivity index (χ3n) is 3.69. The molecule has 4 heteroatoms. The molecule has 0 amide bonds. The first-order valence-electron chi connectivity index (χ1n) is 6.10. The molecule has 1 heterocycles. The summed E-state index contributed by atoms with van der Waals surface area (Å²) in [5.41, 5.74) is -0.260. The maximum Gasteiger partial charge on any atom is 0.416 e. The molecule has 1 aliphatic heterocycles. The molecule has 0 aromatic heterocycles. The van der Waals surface area contributed by atoms with E-state index in [-0.39, 0.29) is 11.1 Å². The second kappa shape index (κ2) is 3.98. The zero-order valence-electron chi connectivity index (χ0n) is 10.9. The van der Waals surface area contributed by atoms with Gasteiger partial charge in [-0.2, -0.15) is 13.2 Å². The molecule has 0 aliphatic carbocycles. The Morgan fingerprint density at radius 3 is 2.28 bits per heavy atom. The number of hydrogen-bond acceptors (Lipinski definition) is 1. The summed E-state index contributed by atoms with van der Waals surface area (Å²) in [5.74, 6) is 0. The molecule has 1 unspecified atom stereocenters. The van der Waals surface area contributed by atoms with Crippen LogP contribution in [0, 0.1) is 0 Å². The lowest BCUT2D eigenvalue weighted by Crippen LogP contribution is -2.43. The van der Waals surface area contributed by atoms with E-state index in [2.05, 4.69) is 19.2 Å². The normalized spacial score (nSPS) is 27.4. The van der Waals surface area contributed by atoms with Crippen molar-refractivity contribution in [2.24, 2.45) is 0 Å². The van der Waals surface area contributed by atoms with Gasteiger partial charge in [0.25, 0.3) is 0 Å². The minimum atomic E-state index is -4.28. The van der Waals surface area contributed by atoms with Crippen molar-refractivity contribution in [3.63, 3.8) is 0 Å². The standard InChI is InChI=1S/C14H18F3N/c1-12(2)7-8-13(3,18-12)10-5-4-6-11(9-10)14(15,16)17/h4-6,9,18H,7-8H2,1-3H3. The Labute approximate surface area is 105 Å². The average Bonchev–Trinajstić information content (AvgIpc) is 2.53. The van der Waals surface area contributed by atoms with Crippen LogP contribution in [0.2, 0.25) is 0 Å². The van der Waals surface area contributed by atoms with Crippen LogP contribution in [0.5, 0.6) is 0 Å². The van der Waals surface area contributed by atoms with E-state index >= 15 is 0 Å². The summed E-state index contributed by atoms with van der Waals surface area (Å²) in [6.07, 6.45) is -2.47. The van der Waals surface area contributed by atoms with Crippen molar-refractivity contribution in [2.45, 2.75) is 50.9 Å². The maximum atomic E-state index is 12.7. The first-order valence-corrected chi connectivity index (χ1v) is 6.10. The van der Waals surface area contributed by atoms with Gasteiger partial charge in [0.05, 0.1) is 5.56 Å². The molecule has 1 aromatic rings. The van der Waals surface area contributed by atoms with E-state index in [4.69, 9.17) is 0 Å². The Morgan fingerprint density at radius 1 is 1.11 bits per heavy atom. The van der Waals surface area contributed by atoms with Crippen LogP contribution in [0.4, 0.5) is 13.2 Å². The summed E-state index contributed by atoms with van der Waals surface area (Å²) in [4.78, 5) is 0. The van der Waals surface area contributed by atoms with E-state index in [0.29, 0.717) is 5.56 Å². The highest BCUT2D eigenvalue weighted by Gasteiger charge is 2.41. The molecule has 1 atom stereocenters. The third kappa shape index (κ3) is 2.53. The van der Waals surface area contributed by atoms with E-state index in [0.717, 1.165) is 18.9 Å². The molecule has 1 fully saturated rings. The number of halogens is 3. The van der Waals surface area contributed by atoms with Gasteiger partial charge in [0.15, 0.2) is 0 Å². The van der Waals surface area contributed by atoms with Gasteiger partial charge in [-0.25, -0.2) is 0 Å². The Bertz CT molecular complexity index is 451. The largest absolute Gasteiger partial charge is 0.416 e. The van der Waals surface area contributed by atoms with Crippen molar-refractivity contribution in [3.05, 3.63) is 35.4 Å². The van der Waals surface area contributed by atoms with Gasteiger partial charge in [-0.3, -0.25) is 0 Å². The fourth-order valence-corrected chi connectivity index (χ4v) is 2.69. The lowest BCUT2D eigenvalue weighted by atomic mass is 9.89. The molecule has 1 saturated heterocycles. The van der Waals surface area contributed by atoms with Gasteiger partial charge in [-0.1, -0.05) is 12.1 Å². The molecule has 0 radical (unpaired) electrons. The van der Waals surface area contributed by atoms with E-state index < -0.39 is 11.7 Å². The van der Waals surface area contributed by atoms with Crippen LogP contribution in [0.25, 0.3) is 0 Å². The Morgan fingerprint density at radius 2 is 1.78 bits per heavy atom. The molecular formula is C14H18F3N. The summed E-state index contributed by atoms with van der Waals surface area (Å²) >= 11 is 0. The van der Waals surface area contributed by atoms with Crippen LogP contribution < -0.4 is 5.32 Å². The molecular weight excluding hydrogens is 239 g/mol. The molecule has 0 bridgehead atoms. The van der Waals surface area contributed by atoms with Crippen LogP contribution in [-0.2, 0) is 11.7 Å². The lowest BCUT2D eigenvalue weighted by molar-refractivity contribution is -0.137. The zero-order chi connectivity index (χ0) is 13.6. The van der Waals surface area contributed by atoms with E-state index in [1.165, 1.54) is 12.1 Å². The second-order valence-electron chi connectivity index (χ2n) is 5.92. The maximum absolute atomic E-state index is 12.7. The van der Waals surface area contributed by atoms with Crippen LogP contribution in [-0.4, -0.2) is 5.54 Å². The summed E-state index contributed by atoms with van der Waals surface area (Å²) in [5, 5.41) is 3.43. The molecule has 1 aliphatic rings. The molecule has 1 N–H and O–H groups in total. The molecule has 1 aromatic carbocycles.